The van der Waals surface area contributed by atoms with Crippen molar-refractivity contribution < 1.29 is 22.0 Å². The van der Waals surface area contributed by atoms with Gasteiger partial charge in [0.2, 0.25) is 15.9 Å². The number of rotatable bonds is 2. The molecular formula is C25H22F2N6O4S. The van der Waals surface area contributed by atoms with Crippen molar-refractivity contribution >= 4 is 49.7 Å². The van der Waals surface area contributed by atoms with Gasteiger partial charge in [0, 0.05) is 55.5 Å². The number of carbonyl (C=O) groups excluding carboxylic acids is 1. The van der Waals surface area contributed by atoms with Gasteiger partial charge in [0.05, 0.1) is 42.6 Å². The molecule has 2 aliphatic heterocycles. The number of aromatic amines is 1. The highest BCUT2D eigenvalue weighted by molar-refractivity contribution is 7.92. The first-order valence-electron chi connectivity index (χ1n) is 11.7. The van der Waals surface area contributed by atoms with E-state index in [1.54, 1.807) is 31.6 Å². The van der Waals surface area contributed by atoms with Gasteiger partial charge in [-0.1, -0.05) is 0 Å². The van der Waals surface area contributed by atoms with Crippen molar-refractivity contribution in [2.45, 2.75) is 13.5 Å². The smallest absolute Gasteiger partial charge is 0.274 e. The molecule has 1 amide bonds. The lowest BCUT2D eigenvalue weighted by molar-refractivity contribution is -0.116. The fourth-order valence-corrected chi connectivity index (χ4v) is 6.25. The summed E-state index contributed by atoms with van der Waals surface area (Å²) in [5.41, 5.74) is 2.85. The Kier molecular flexibility index (Phi) is 5.15. The number of H-pyrrole nitrogens is 1. The lowest BCUT2D eigenvalue weighted by atomic mass is 9.98. The Balaban J connectivity index is 1.74. The van der Waals surface area contributed by atoms with E-state index in [1.165, 1.54) is 25.6 Å². The molecule has 0 bridgehead atoms. The van der Waals surface area contributed by atoms with Gasteiger partial charge in [-0.3, -0.25) is 13.9 Å². The molecule has 13 heteroatoms. The van der Waals surface area contributed by atoms with Crippen LogP contribution < -0.4 is 19.7 Å². The quantitative estimate of drug-likeness (QED) is 0.419. The highest BCUT2D eigenvalue weighted by Crippen LogP contribution is 2.49. The number of hydrogen-bond acceptors (Lipinski definition) is 6. The second-order valence-corrected chi connectivity index (χ2v) is 11.3. The highest BCUT2D eigenvalue weighted by atomic mass is 32.2. The first-order valence-corrected chi connectivity index (χ1v) is 13.5. The van der Waals surface area contributed by atoms with Crippen molar-refractivity contribution in [1.29, 1.82) is 0 Å². The number of nitrogens with zero attached hydrogens (tertiary/aromatic N) is 5. The predicted molar refractivity (Wildman–Crippen MR) is 139 cm³/mol. The van der Waals surface area contributed by atoms with Crippen LogP contribution in [0.4, 0.5) is 31.7 Å². The zero-order valence-electron chi connectivity index (χ0n) is 20.6. The Hall–Kier alpha value is -4.26. The molecule has 0 unspecified atom stereocenters. The van der Waals surface area contributed by atoms with Gasteiger partial charge < -0.3 is 19.4 Å². The summed E-state index contributed by atoms with van der Waals surface area (Å²) in [7, 11) is -2.11. The Morgan fingerprint density at radius 3 is 2.53 bits per heavy atom. The number of fused-ring (bicyclic) bond motifs is 3. The summed E-state index contributed by atoms with van der Waals surface area (Å²) >= 11 is 0. The molecule has 0 saturated heterocycles. The van der Waals surface area contributed by atoms with E-state index in [-0.39, 0.29) is 42.6 Å². The number of hydrogen-bond donors (Lipinski definition) is 1. The molecule has 6 rings (SSSR count). The van der Waals surface area contributed by atoms with Crippen LogP contribution >= 0.6 is 0 Å². The third kappa shape index (κ3) is 3.49. The van der Waals surface area contributed by atoms with Gasteiger partial charge in [0.25, 0.3) is 5.56 Å². The average Bonchev–Trinajstić information content (AvgIpc) is 3.21. The van der Waals surface area contributed by atoms with Crippen LogP contribution in [0.3, 0.4) is 0 Å². The number of anilines is 4. The van der Waals surface area contributed by atoms with Gasteiger partial charge in [-0.2, -0.15) is 0 Å². The van der Waals surface area contributed by atoms with Crippen LogP contribution in [0, 0.1) is 11.6 Å². The Labute approximate surface area is 215 Å². The molecule has 1 aromatic carbocycles. The third-order valence-electron chi connectivity index (χ3n) is 7.00. The summed E-state index contributed by atoms with van der Waals surface area (Å²) < 4.78 is 57.0. The standard InChI is InChI=1S/C25H22F2N6O4S/c1-13(34)31-4-5-33(38(3,36)37)21-7-16-17-12-30(2)25(35)23-22(17)14(9-28-23)11-32(19(16)8-20(21)31)24-18(27)6-15(26)10-29-24/h6-10,12,28H,4-5,11H2,1-3H3. The van der Waals surface area contributed by atoms with Gasteiger partial charge in [-0.05, 0) is 17.7 Å². The molecule has 0 aliphatic carbocycles. The summed E-state index contributed by atoms with van der Waals surface area (Å²) in [5.74, 6) is -2.19. The van der Waals surface area contributed by atoms with E-state index in [9.17, 15) is 22.4 Å². The number of benzene rings is 1. The lowest BCUT2D eigenvalue weighted by Gasteiger charge is -2.37. The topological polar surface area (TPSA) is 112 Å². The Bertz CT molecular complexity index is 1850. The maximum atomic E-state index is 15.1. The number of nitrogens with one attached hydrogen (secondary N) is 1. The molecule has 0 fully saturated rings. The normalized spacial score (nSPS) is 14.9. The Morgan fingerprint density at radius 2 is 1.84 bits per heavy atom. The monoisotopic (exact) mass is 540 g/mol. The van der Waals surface area contributed by atoms with Crippen LogP contribution in [0.2, 0.25) is 0 Å². The molecular weight excluding hydrogens is 518 g/mol. The number of aromatic nitrogens is 3. The lowest BCUT2D eigenvalue weighted by Crippen LogP contribution is -2.45. The molecule has 1 N–H and O–H groups in total. The van der Waals surface area contributed by atoms with E-state index in [0.717, 1.165) is 18.5 Å². The summed E-state index contributed by atoms with van der Waals surface area (Å²) in [6.45, 7) is 1.63. The zero-order chi connectivity index (χ0) is 27.1. The number of aryl methyl sites for hydroxylation is 1. The van der Waals surface area contributed by atoms with E-state index in [4.69, 9.17) is 0 Å². The maximum absolute atomic E-state index is 15.1. The molecule has 4 aromatic rings. The van der Waals surface area contributed by atoms with Crippen LogP contribution in [0.5, 0.6) is 0 Å². The summed E-state index contributed by atoms with van der Waals surface area (Å²) in [6.07, 6.45) is 5.29. The molecule has 0 radical (unpaired) electrons. The van der Waals surface area contributed by atoms with E-state index in [1.807, 2.05) is 0 Å². The summed E-state index contributed by atoms with van der Waals surface area (Å²) in [4.78, 5) is 35.5. The van der Waals surface area contributed by atoms with Gasteiger partial charge in [-0.15, -0.1) is 0 Å². The van der Waals surface area contributed by atoms with Crippen LogP contribution in [-0.2, 0) is 28.4 Å². The molecule has 0 spiro atoms. The number of pyridine rings is 2. The minimum absolute atomic E-state index is 0.0557. The second-order valence-electron chi connectivity index (χ2n) is 9.43. The van der Waals surface area contributed by atoms with Crippen molar-refractivity contribution in [2.24, 2.45) is 7.05 Å². The maximum Gasteiger partial charge on any atom is 0.274 e. The number of sulfonamides is 1. The minimum Gasteiger partial charge on any atom is -0.356 e. The van der Waals surface area contributed by atoms with Crippen LogP contribution in [0.25, 0.3) is 22.0 Å². The van der Waals surface area contributed by atoms with E-state index >= 15 is 4.39 Å². The van der Waals surface area contributed by atoms with Crippen LogP contribution in [0.1, 0.15) is 12.5 Å². The molecule has 0 atom stereocenters. The SMILES string of the molecule is CC(=O)N1CCN(S(C)(=O)=O)c2cc3c(cc21)N(c1ncc(F)cc1F)Cc1c[nH]c2c(=O)n(C)cc-3c12. The van der Waals surface area contributed by atoms with Crippen molar-refractivity contribution in [3.05, 3.63) is 64.3 Å². The predicted octanol–water partition coefficient (Wildman–Crippen LogP) is 2.99. The minimum atomic E-state index is -3.71. The van der Waals surface area contributed by atoms with Crippen molar-refractivity contribution in [3.8, 4) is 11.1 Å². The number of amides is 1. The van der Waals surface area contributed by atoms with E-state index in [0.29, 0.717) is 39.0 Å². The van der Waals surface area contributed by atoms with E-state index < -0.39 is 21.7 Å². The molecule has 38 heavy (non-hydrogen) atoms. The molecule has 3 aromatic heterocycles. The number of carbonyl (C=O) groups is 1. The molecule has 2 aliphatic rings. The highest BCUT2D eigenvalue weighted by Gasteiger charge is 2.35. The van der Waals surface area contributed by atoms with Gasteiger partial charge in [0.1, 0.15) is 11.3 Å². The summed E-state index contributed by atoms with van der Waals surface area (Å²) in [6, 6.07) is 3.99. The number of halogens is 2. The van der Waals surface area contributed by atoms with Crippen molar-refractivity contribution in [3.63, 3.8) is 0 Å². The van der Waals surface area contributed by atoms with Gasteiger partial charge in [0.15, 0.2) is 11.6 Å². The summed E-state index contributed by atoms with van der Waals surface area (Å²) in [5, 5.41) is 0.601. The molecule has 196 valence electrons. The molecule has 10 nitrogen and oxygen atoms in total. The van der Waals surface area contributed by atoms with E-state index in [2.05, 4.69) is 9.97 Å². The first-order chi connectivity index (χ1) is 18.0. The zero-order valence-corrected chi connectivity index (χ0v) is 21.4. The van der Waals surface area contributed by atoms with Gasteiger partial charge >= 0.3 is 0 Å². The van der Waals surface area contributed by atoms with Crippen molar-refractivity contribution in [1.82, 2.24) is 14.5 Å². The van der Waals surface area contributed by atoms with Crippen LogP contribution in [-0.4, -0.2) is 48.2 Å². The van der Waals surface area contributed by atoms with Crippen LogP contribution in [0.15, 0.2) is 41.6 Å². The third-order valence-corrected chi connectivity index (χ3v) is 8.18. The largest absolute Gasteiger partial charge is 0.356 e. The second kappa shape index (κ2) is 8.12. The first kappa shape index (κ1) is 24.1. The van der Waals surface area contributed by atoms with Crippen molar-refractivity contribution in [2.75, 3.05) is 33.5 Å². The van der Waals surface area contributed by atoms with Gasteiger partial charge in [-0.25, -0.2) is 22.2 Å². The average molecular weight is 541 g/mol. The molecule has 5 heterocycles. The molecule has 0 saturated carbocycles. The Morgan fingerprint density at radius 1 is 1.08 bits per heavy atom. The fraction of sp³-hybridized carbons (Fsp3) is 0.240. The fourth-order valence-electron chi connectivity index (χ4n) is 5.34.